The minimum Gasteiger partial charge on any atom is -0.369 e. The molecule has 2 aliphatic rings. The highest BCUT2D eigenvalue weighted by molar-refractivity contribution is 5.32. The summed E-state index contributed by atoms with van der Waals surface area (Å²) in [6.45, 7) is 2.20. The zero-order chi connectivity index (χ0) is 10.3. The lowest BCUT2D eigenvalue weighted by atomic mass is 9.94. The van der Waals surface area contributed by atoms with Gasteiger partial charge in [-0.3, -0.25) is 0 Å². The van der Waals surface area contributed by atoms with Gasteiger partial charge in [0.1, 0.15) is 0 Å². The van der Waals surface area contributed by atoms with Crippen LogP contribution in [-0.2, 0) is 11.2 Å². The summed E-state index contributed by atoms with van der Waals surface area (Å²) < 4.78 is 6.10. The first kappa shape index (κ1) is 9.37. The lowest BCUT2D eigenvalue weighted by molar-refractivity contribution is -0.0185. The highest BCUT2D eigenvalue weighted by atomic mass is 16.5. The van der Waals surface area contributed by atoms with Gasteiger partial charge in [0, 0.05) is 13.1 Å². The van der Waals surface area contributed by atoms with Crippen LogP contribution in [0.15, 0.2) is 24.3 Å². The van der Waals surface area contributed by atoms with E-state index in [4.69, 9.17) is 4.74 Å². The molecule has 0 spiro atoms. The molecule has 3 rings (SSSR count). The van der Waals surface area contributed by atoms with Crippen LogP contribution in [0.5, 0.6) is 0 Å². The molecule has 1 fully saturated rings. The minimum absolute atomic E-state index is 0.299. The lowest BCUT2D eigenvalue weighted by Gasteiger charge is -2.30. The quantitative estimate of drug-likeness (QED) is 0.639. The molecular formula is C13H17NO. The molecule has 1 aromatic carbocycles. The van der Waals surface area contributed by atoms with Gasteiger partial charge in [-0.1, -0.05) is 24.3 Å². The van der Waals surface area contributed by atoms with Gasteiger partial charge in [0.15, 0.2) is 0 Å². The smallest absolute Gasteiger partial charge is 0.0958 e. The molecule has 0 unspecified atom stereocenters. The summed E-state index contributed by atoms with van der Waals surface area (Å²) in [5.41, 5.74) is 2.90. The van der Waals surface area contributed by atoms with Gasteiger partial charge in [-0.2, -0.15) is 0 Å². The average Bonchev–Trinajstić information content (AvgIpc) is 2.40. The van der Waals surface area contributed by atoms with E-state index in [-0.39, 0.29) is 0 Å². The molecule has 0 saturated carbocycles. The monoisotopic (exact) mass is 203 g/mol. The number of benzene rings is 1. The fraction of sp³-hybridized carbons (Fsp3) is 0.538. The summed E-state index contributed by atoms with van der Waals surface area (Å²) >= 11 is 0. The maximum Gasteiger partial charge on any atom is 0.0958 e. The number of hydrogen-bond donors (Lipinski definition) is 0. The van der Waals surface area contributed by atoms with E-state index in [1.54, 1.807) is 0 Å². The second-order valence-electron chi connectivity index (χ2n) is 4.70. The van der Waals surface area contributed by atoms with Crippen molar-refractivity contribution in [1.82, 2.24) is 4.90 Å². The summed E-state index contributed by atoms with van der Waals surface area (Å²) in [5, 5.41) is 0. The van der Waals surface area contributed by atoms with Crippen molar-refractivity contribution in [3.8, 4) is 0 Å². The highest BCUT2D eigenvalue weighted by Gasteiger charge is 2.30. The van der Waals surface area contributed by atoms with Gasteiger partial charge in [-0.25, -0.2) is 0 Å². The molecule has 0 N–H and O–H groups in total. The van der Waals surface area contributed by atoms with Gasteiger partial charge >= 0.3 is 0 Å². The average molecular weight is 203 g/mol. The van der Waals surface area contributed by atoms with E-state index in [9.17, 15) is 0 Å². The maximum absolute atomic E-state index is 6.10. The Morgan fingerprint density at radius 3 is 3.13 bits per heavy atom. The minimum atomic E-state index is 0.299. The summed E-state index contributed by atoms with van der Waals surface area (Å²) in [4.78, 5) is 2.38. The molecule has 2 nitrogen and oxygen atoms in total. The fourth-order valence-corrected chi connectivity index (χ4v) is 2.68. The molecule has 2 bridgehead atoms. The lowest BCUT2D eigenvalue weighted by Crippen LogP contribution is -2.27. The van der Waals surface area contributed by atoms with E-state index in [0.29, 0.717) is 12.2 Å². The number of rotatable bonds is 0. The largest absolute Gasteiger partial charge is 0.369 e. The van der Waals surface area contributed by atoms with Crippen LogP contribution in [-0.4, -0.2) is 31.1 Å². The Labute approximate surface area is 90.8 Å². The van der Waals surface area contributed by atoms with Crippen molar-refractivity contribution in [3.63, 3.8) is 0 Å². The summed E-state index contributed by atoms with van der Waals surface area (Å²) in [5.74, 6) is 0. The number of ether oxygens (including phenoxy) is 1. The Bertz CT molecular complexity index is 363. The normalized spacial score (nSPS) is 30.7. The first-order chi connectivity index (χ1) is 7.33. The van der Waals surface area contributed by atoms with Crippen LogP contribution in [0.4, 0.5) is 0 Å². The molecule has 1 aromatic rings. The van der Waals surface area contributed by atoms with Crippen LogP contribution in [0, 0.1) is 0 Å². The van der Waals surface area contributed by atoms with E-state index in [1.165, 1.54) is 17.5 Å². The molecule has 2 heteroatoms. The number of fused-ring (bicyclic) bond motifs is 4. The molecule has 2 atom stereocenters. The molecule has 0 radical (unpaired) electrons. The molecule has 0 amide bonds. The van der Waals surface area contributed by atoms with Crippen molar-refractivity contribution in [1.29, 1.82) is 0 Å². The number of nitrogens with zero attached hydrogens (tertiary/aromatic N) is 1. The molecule has 0 aromatic heterocycles. The molecule has 80 valence electrons. The van der Waals surface area contributed by atoms with Crippen molar-refractivity contribution in [2.45, 2.75) is 25.0 Å². The molecule has 15 heavy (non-hydrogen) atoms. The standard InChI is InChI=1S/C13H17NO/c1-14-7-6-11-8-10-4-2-3-5-12(10)13(9-14)15-11/h2-5,11,13H,6-9H2,1H3/t11-,13+/m0/s1. The van der Waals surface area contributed by atoms with Crippen molar-refractivity contribution in [2.75, 3.05) is 20.1 Å². The van der Waals surface area contributed by atoms with E-state index >= 15 is 0 Å². The first-order valence-electron chi connectivity index (χ1n) is 5.75. The molecule has 2 aliphatic heterocycles. The first-order valence-corrected chi connectivity index (χ1v) is 5.75. The number of likely N-dealkylation sites (N-methyl/N-ethyl adjacent to an activating group) is 1. The van der Waals surface area contributed by atoms with Gasteiger partial charge in [-0.05, 0) is 31.0 Å². The molecular weight excluding hydrogens is 186 g/mol. The Morgan fingerprint density at radius 2 is 2.20 bits per heavy atom. The van der Waals surface area contributed by atoms with Gasteiger partial charge in [0.05, 0.1) is 12.2 Å². The van der Waals surface area contributed by atoms with Gasteiger partial charge in [0.25, 0.3) is 0 Å². The van der Waals surface area contributed by atoms with Crippen LogP contribution < -0.4 is 0 Å². The van der Waals surface area contributed by atoms with Crippen molar-refractivity contribution in [2.24, 2.45) is 0 Å². The number of hydrogen-bond acceptors (Lipinski definition) is 2. The van der Waals surface area contributed by atoms with Gasteiger partial charge in [-0.15, -0.1) is 0 Å². The second kappa shape index (κ2) is 3.62. The van der Waals surface area contributed by atoms with Crippen LogP contribution in [0.25, 0.3) is 0 Å². The van der Waals surface area contributed by atoms with Crippen LogP contribution in [0.2, 0.25) is 0 Å². The van der Waals surface area contributed by atoms with Gasteiger partial charge < -0.3 is 9.64 Å². The molecule has 2 heterocycles. The Kier molecular flexibility index (Phi) is 2.26. The predicted molar refractivity (Wildman–Crippen MR) is 59.9 cm³/mol. The highest BCUT2D eigenvalue weighted by Crippen LogP contribution is 2.33. The zero-order valence-electron chi connectivity index (χ0n) is 9.15. The van der Waals surface area contributed by atoms with Crippen molar-refractivity contribution < 1.29 is 4.74 Å². The third-order valence-corrected chi connectivity index (χ3v) is 3.52. The third kappa shape index (κ3) is 1.68. The van der Waals surface area contributed by atoms with E-state index in [2.05, 4.69) is 36.2 Å². The van der Waals surface area contributed by atoms with Crippen molar-refractivity contribution in [3.05, 3.63) is 35.4 Å². The molecule has 1 saturated heterocycles. The van der Waals surface area contributed by atoms with E-state index in [0.717, 1.165) is 19.5 Å². The Morgan fingerprint density at radius 1 is 1.33 bits per heavy atom. The van der Waals surface area contributed by atoms with E-state index in [1.807, 2.05) is 0 Å². The van der Waals surface area contributed by atoms with Crippen molar-refractivity contribution >= 4 is 0 Å². The molecule has 0 aliphatic carbocycles. The van der Waals surface area contributed by atoms with Crippen LogP contribution in [0.3, 0.4) is 0 Å². The van der Waals surface area contributed by atoms with Gasteiger partial charge in [0.2, 0.25) is 0 Å². The third-order valence-electron chi connectivity index (χ3n) is 3.52. The Balaban J connectivity index is 1.99. The fourth-order valence-electron chi connectivity index (χ4n) is 2.68. The Hall–Kier alpha value is -0.860. The summed E-state index contributed by atoms with van der Waals surface area (Å²) in [7, 11) is 2.19. The SMILES string of the molecule is CN1CC[C@H]2Cc3ccccc3[C@@H](C1)O2. The van der Waals surface area contributed by atoms with Crippen LogP contribution >= 0.6 is 0 Å². The summed E-state index contributed by atoms with van der Waals surface area (Å²) in [6, 6.07) is 8.73. The zero-order valence-corrected chi connectivity index (χ0v) is 9.15. The maximum atomic E-state index is 6.10. The topological polar surface area (TPSA) is 12.5 Å². The van der Waals surface area contributed by atoms with Crippen LogP contribution in [0.1, 0.15) is 23.7 Å². The summed E-state index contributed by atoms with van der Waals surface area (Å²) in [6.07, 6.45) is 3.00. The predicted octanol–water partition coefficient (Wildman–Crippen LogP) is 2.00. The van der Waals surface area contributed by atoms with E-state index < -0.39 is 0 Å². The second-order valence-corrected chi connectivity index (χ2v) is 4.70.